The molecule has 1 aromatic heterocycles. The number of nitrogens with one attached hydrogen (secondary N) is 1. The highest BCUT2D eigenvalue weighted by atomic mass is 127. The number of H-pyrrole nitrogens is 1. The summed E-state index contributed by atoms with van der Waals surface area (Å²) in [5.41, 5.74) is -1.17. The average Bonchev–Trinajstić information content (AvgIpc) is 2.89. The molecule has 4 atom stereocenters. The Hall–Kier alpha value is -1.28. The summed E-state index contributed by atoms with van der Waals surface area (Å²) in [6.45, 7) is 3.73. The minimum Gasteiger partial charge on any atom is -0.459 e. The molecule has 10 nitrogen and oxygen atoms in total. The van der Waals surface area contributed by atoms with Crippen LogP contribution in [0.4, 0.5) is 0 Å². The third kappa shape index (κ3) is 4.52. The van der Waals surface area contributed by atoms with Crippen LogP contribution in [0.1, 0.15) is 20.1 Å². The van der Waals surface area contributed by atoms with Gasteiger partial charge in [-0.1, -0.05) is 0 Å². The maximum absolute atomic E-state index is 12.3. The highest BCUT2D eigenvalue weighted by Crippen LogP contribution is 2.37. The van der Waals surface area contributed by atoms with E-state index in [9.17, 15) is 14.4 Å². The van der Waals surface area contributed by atoms with Gasteiger partial charge in [-0.05, 0) is 36.4 Å². The Bertz CT molecular complexity index is 746. The summed E-state index contributed by atoms with van der Waals surface area (Å²) < 4.78 is 28.9. The van der Waals surface area contributed by atoms with Crippen molar-refractivity contribution >= 4 is 29.1 Å². The Kier molecular flexibility index (Phi) is 6.96. The molecule has 1 aromatic rings. The van der Waals surface area contributed by atoms with E-state index in [1.54, 1.807) is 36.4 Å². The van der Waals surface area contributed by atoms with Crippen molar-refractivity contribution in [1.29, 1.82) is 0 Å². The predicted octanol–water partition coefficient (Wildman–Crippen LogP) is -0.00570. The molecule has 1 fully saturated rings. The number of hydrogen-bond acceptors (Lipinski definition) is 8. The summed E-state index contributed by atoms with van der Waals surface area (Å²) in [5, 5.41) is 0. The number of aromatic nitrogens is 2. The number of carbonyl (C=O) groups excluding carboxylic acids is 1. The van der Waals surface area contributed by atoms with Crippen molar-refractivity contribution in [3.63, 3.8) is 0 Å². The second kappa shape index (κ2) is 8.61. The molecular weight excluding hydrogens is 463 g/mol. The van der Waals surface area contributed by atoms with Gasteiger partial charge >= 0.3 is 5.69 Å². The number of nitrogens with zero attached hydrogens (tertiary/aromatic N) is 1. The second-order valence-corrected chi connectivity index (χ2v) is 7.22. The number of methoxy groups -OCH3 is 2. The Morgan fingerprint density at radius 3 is 2.65 bits per heavy atom. The van der Waals surface area contributed by atoms with Crippen LogP contribution in [0.3, 0.4) is 0 Å². The molecule has 0 aliphatic carbocycles. The van der Waals surface area contributed by atoms with Gasteiger partial charge in [-0.15, -0.1) is 0 Å². The van der Waals surface area contributed by atoms with E-state index in [0.717, 1.165) is 0 Å². The SMILES string of the molecule is COC[C@@H](OC)[C@@H](OC=O)[C@@H]1OC(C)(C)O[C@H]1n1cc(I)c(=O)[nH]c1=O. The van der Waals surface area contributed by atoms with Gasteiger partial charge in [-0.25, -0.2) is 4.79 Å². The van der Waals surface area contributed by atoms with Crippen molar-refractivity contribution in [3.8, 4) is 0 Å². The molecule has 0 aromatic carbocycles. The van der Waals surface area contributed by atoms with E-state index in [-0.39, 0.29) is 13.1 Å². The van der Waals surface area contributed by atoms with Crippen LogP contribution in [0.25, 0.3) is 0 Å². The van der Waals surface area contributed by atoms with Crippen LogP contribution in [-0.2, 0) is 28.5 Å². The molecule has 146 valence electrons. The Morgan fingerprint density at radius 1 is 1.38 bits per heavy atom. The third-order valence-corrected chi connectivity index (χ3v) is 4.61. The van der Waals surface area contributed by atoms with Crippen molar-refractivity contribution in [1.82, 2.24) is 9.55 Å². The Morgan fingerprint density at radius 2 is 2.08 bits per heavy atom. The van der Waals surface area contributed by atoms with Crippen LogP contribution in [0.5, 0.6) is 0 Å². The van der Waals surface area contributed by atoms with Gasteiger partial charge < -0.3 is 23.7 Å². The van der Waals surface area contributed by atoms with Crippen LogP contribution in [0, 0.1) is 3.57 Å². The van der Waals surface area contributed by atoms with Gasteiger partial charge in [-0.3, -0.25) is 19.1 Å². The molecule has 0 bridgehead atoms. The zero-order valence-electron chi connectivity index (χ0n) is 14.8. The lowest BCUT2D eigenvalue weighted by atomic mass is 10.1. The lowest BCUT2D eigenvalue weighted by molar-refractivity contribution is -0.180. The molecule has 11 heteroatoms. The quantitative estimate of drug-likeness (QED) is 0.405. The zero-order valence-corrected chi connectivity index (χ0v) is 16.9. The van der Waals surface area contributed by atoms with Gasteiger partial charge in [0, 0.05) is 20.4 Å². The summed E-state index contributed by atoms with van der Waals surface area (Å²) in [5.74, 6) is -1.06. The van der Waals surface area contributed by atoms with Gasteiger partial charge in [-0.2, -0.15) is 0 Å². The van der Waals surface area contributed by atoms with Crippen LogP contribution in [0.15, 0.2) is 15.8 Å². The number of carbonyl (C=O) groups is 1. The molecule has 1 aliphatic heterocycles. The van der Waals surface area contributed by atoms with Gasteiger partial charge in [0.2, 0.25) is 0 Å². The van der Waals surface area contributed by atoms with Crippen molar-refractivity contribution in [3.05, 3.63) is 30.6 Å². The highest BCUT2D eigenvalue weighted by Gasteiger charge is 2.50. The van der Waals surface area contributed by atoms with E-state index >= 15 is 0 Å². The standard InChI is InChI=1S/C15H21IN2O8/c1-15(2)25-11(10(24-7-19)9(23-4)6-22-3)13(26-15)18-5-8(16)12(20)17-14(18)21/h5,7,9-11,13H,6H2,1-4H3,(H,17,20,21)/t9-,10-,11+,13-/m1/s1. The van der Waals surface area contributed by atoms with E-state index < -0.39 is 41.6 Å². The van der Waals surface area contributed by atoms with Crippen LogP contribution in [0.2, 0.25) is 0 Å². The molecule has 1 saturated heterocycles. The monoisotopic (exact) mass is 484 g/mol. The summed E-state index contributed by atoms with van der Waals surface area (Å²) in [6.07, 6.45) is -2.05. The van der Waals surface area contributed by atoms with E-state index in [4.69, 9.17) is 23.7 Å². The predicted molar refractivity (Wildman–Crippen MR) is 96.7 cm³/mol. The van der Waals surface area contributed by atoms with E-state index in [1.165, 1.54) is 25.0 Å². The number of halogens is 1. The van der Waals surface area contributed by atoms with E-state index in [2.05, 4.69) is 4.98 Å². The molecule has 0 amide bonds. The minimum atomic E-state index is -1.06. The number of aromatic amines is 1. The van der Waals surface area contributed by atoms with Crippen molar-refractivity contribution in [2.75, 3.05) is 20.8 Å². The van der Waals surface area contributed by atoms with E-state index in [1.807, 2.05) is 0 Å². The second-order valence-electron chi connectivity index (χ2n) is 6.06. The number of ether oxygens (including phenoxy) is 5. The van der Waals surface area contributed by atoms with Crippen molar-refractivity contribution in [2.24, 2.45) is 0 Å². The molecule has 2 heterocycles. The number of rotatable bonds is 8. The first-order valence-corrected chi connectivity index (χ1v) is 8.79. The molecule has 0 spiro atoms. The fourth-order valence-electron chi connectivity index (χ4n) is 2.77. The minimum absolute atomic E-state index is 0.125. The van der Waals surface area contributed by atoms with Gasteiger partial charge in [0.1, 0.15) is 12.2 Å². The molecule has 26 heavy (non-hydrogen) atoms. The summed E-state index contributed by atoms with van der Waals surface area (Å²) in [4.78, 5) is 37.2. The van der Waals surface area contributed by atoms with E-state index in [0.29, 0.717) is 3.57 Å². The maximum atomic E-state index is 12.3. The first kappa shape index (κ1) is 21.0. The Balaban J connectivity index is 2.49. The van der Waals surface area contributed by atoms with Crippen molar-refractivity contribution in [2.45, 2.75) is 44.2 Å². The fraction of sp³-hybridized carbons (Fsp3) is 0.667. The fourth-order valence-corrected chi connectivity index (χ4v) is 3.20. The lowest BCUT2D eigenvalue weighted by Gasteiger charge is -2.30. The number of hydrogen-bond donors (Lipinski definition) is 1. The van der Waals surface area contributed by atoms with Crippen LogP contribution in [-0.4, -0.2) is 60.9 Å². The van der Waals surface area contributed by atoms with Crippen LogP contribution < -0.4 is 11.2 Å². The lowest BCUT2D eigenvalue weighted by Crippen LogP contribution is -2.48. The molecule has 0 saturated carbocycles. The average molecular weight is 484 g/mol. The smallest absolute Gasteiger partial charge is 0.330 e. The van der Waals surface area contributed by atoms with Crippen molar-refractivity contribution < 1.29 is 28.5 Å². The summed E-state index contributed by atoms with van der Waals surface area (Å²) >= 11 is 1.81. The molecule has 1 N–H and O–H groups in total. The zero-order chi connectivity index (χ0) is 19.5. The first-order valence-electron chi connectivity index (χ1n) is 7.71. The molecule has 0 unspecified atom stereocenters. The van der Waals surface area contributed by atoms with Gasteiger partial charge in [0.25, 0.3) is 12.0 Å². The van der Waals surface area contributed by atoms with Crippen LogP contribution >= 0.6 is 22.6 Å². The molecule has 2 rings (SSSR count). The topological polar surface area (TPSA) is 118 Å². The largest absolute Gasteiger partial charge is 0.459 e. The molecular formula is C15H21IN2O8. The van der Waals surface area contributed by atoms with Gasteiger partial charge in [0.05, 0.1) is 10.2 Å². The van der Waals surface area contributed by atoms with Gasteiger partial charge in [0.15, 0.2) is 18.1 Å². The molecule has 0 radical (unpaired) electrons. The molecule has 1 aliphatic rings. The summed E-state index contributed by atoms with van der Waals surface area (Å²) in [7, 11) is 2.92. The highest BCUT2D eigenvalue weighted by molar-refractivity contribution is 14.1. The normalized spacial score (nSPS) is 24.2. The first-order chi connectivity index (χ1) is 12.2. The summed E-state index contributed by atoms with van der Waals surface area (Å²) in [6, 6.07) is 0. The maximum Gasteiger partial charge on any atom is 0.330 e. The Labute approximate surface area is 162 Å². The third-order valence-electron chi connectivity index (χ3n) is 3.84.